The van der Waals surface area contributed by atoms with Crippen molar-refractivity contribution in [2.75, 3.05) is 45.8 Å². The Hall–Kier alpha value is -2.45. The molecular weight excluding hydrogens is 660 g/mol. The lowest BCUT2D eigenvalue weighted by Crippen LogP contribution is -2.55. The van der Waals surface area contributed by atoms with E-state index in [1.54, 1.807) is 19.9 Å². The highest BCUT2D eigenvalue weighted by atomic mass is 32.2. The minimum Gasteiger partial charge on any atom is -0.381 e. The molecule has 13 heteroatoms. The highest BCUT2D eigenvalue weighted by Crippen LogP contribution is 2.28. The van der Waals surface area contributed by atoms with Gasteiger partial charge in [0.25, 0.3) is 0 Å². The Morgan fingerprint density at radius 1 is 0.740 bits per heavy atom. The van der Waals surface area contributed by atoms with Gasteiger partial charge in [-0.25, -0.2) is 8.42 Å². The first-order valence-electron chi connectivity index (χ1n) is 17.9. The van der Waals surface area contributed by atoms with Crippen molar-refractivity contribution in [2.45, 2.75) is 130 Å². The van der Waals surface area contributed by atoms with Crippen molar-refractivity contribution in [1.82, 2.24) is 19.9 Å². The first-order chi connectivity index (χ1) is 23.0. The van der Waals surface area contributed by atoms with Gasteiger partial charge in [-0.2, -0.15) is 4.31 Å². The minimum absolute atomic E-state index is 0.00980. The van der Waals surface area contributed by atoms with E-state index in [4.69, 9.17) is 18.5 Å². The van der Waals surface area contributed by atoms with Gasteiger partial charge in [-0.05, 0) is 71.8 Å². The summed E-state index contributed by atoms with van der Waals surface area (Å²) in [5.74, 6) is 1.79. The molecule has 0 amide bonds. The topological polar surface area (TPSA) is 154 Å². The zero-order chi connectivity index (χ0) is 37.5. The maximum Gasteiger partial charge on any atom is 0.212 e. The van der Waals surface area contributed by atoms with Gasteiger partial charge in [0.2, 0.25) is 10.0 Å². The van der Waals surface area contributed by atoms with Gasteiger partial charge in [-0.15, -0.1) is 0 Å². The van der Waals surface area contributed by atoms with Gasteiger partial charge in [-0.1, -0.05) is 51.9 Å². The van der Waals surface area contributed by atoms with Crippen LogP contribution in [0.25, 0.3) is 0 Å². The third-order valence-corrected chi connectivity index (χ3v) is 11.1. The van der Waals surface area contributed by atoms with E-state index in [9.17, 15) is 18.0 Å². The van der Waals surface area contributed by atoms with E-state index in [2.05, 4.69) is 36.4 Å². The number of ether oxygens (including phenoxy) is 2. The molecule has 0 aliphatic carbocycles. The lowest BCUT2D eigenvalue weighted by atomic mass is 9.90. The SMILES string of the molecule is CC(C)(C)c1cc(CC(=O)C(C)(C)N(CC2CCOCC2)S(C)(=O)=O)on1.CC(C)(NCC1CCOCC1)C(=O)Cc1cc(C(C)(C)C)no1. The van der Waals surface area contributed by atoms with Crippen molar-refractivity contribution in [3.63, 3.8) is 0 Å². The molecule has 0 bridgehead atoms. The predicted molar refractivity (Wildman–Crippen MR) is 193 cm³/mol. The smallest absolute Gasteiger partial charge is 0.212 e. The first kappa shape index (κ1) is 42.0. The van der Waals surface area contributed by atoms with Crippen LogP contribution in [0.1, 0.15) is 118 Å². The first-order valence-corrected chi connectivity index (χ1v) is 19.7. The number of carbonyl (C=O) groups is 2. The monoisotopic (exact) mass is 722 g/mol. The van der Waals surface area contributed by atoms with Crippen molar-refractivity contribution < 1.29 is 36.5 Å². The second kappa shape index (κ2) is 16.9. The fraction of sp³-hybridized carbons (Fsp3) is 0.784. The average molecular weight is 723 g/mol. The zero-order valence-corrected chi connectivity index (χ0v) is 33.1. The highest BCUT2D eigenvalue weighted by Gasteiger charge is 2.41. The second-order valence-electron chi connectivity index (χ2n) is 17.0. The molecule has 2 saturated heterocycles. The standard InChI is InChI=1S/C19H32N2O5S.C18H30N2O3/c1-18(2,3)16-11-15(26-20-16)12-17(22)19(4,5)21(27(6,23)24)13-14-7-9-25-10-8-14;1-17(2,3)15-10-14(23-20-15)11-16(21)18(4,5)19-12-13-6-8-22-9-7-13/h11,14H,7-10,12-13H2,1-6H3;10,13,19H,6-9,11-12H2,1-5H3. The van der Waals surface area contributed by atoms with Gasteiger partial charge >= 0.3 is 0 Å². The lowest BCUT2D eigenvalue weighted by Gasteiger charge is -2.38. The quantitative estimate of drug-likeness (QED) is 0.282. The van der Waals surface area contributed by atoms with E-state index in [1.165, 1.54) is 4.31 Å². The molecule has 2 aliphatic heterocycles. The van der Waals surface area contributed by atoms with Gasteiger partial charge in [-0.3, -0.25) is 9.59 Å². The summed E-state index contributed by atoms with van der Waals surface area (Å²) in [6.07, 6.45) is 5.17. The Morgan fingerprint density at radius 3 is 1.56 bits per heavy atom. The van der Waals surface area contributed by atoms with E-state index in [0.29, 0.717) is 37.2 Å². The normalized spacial score (nSPS) is 17.4. The molecule has 284 valence electrons. The summed E-state index contributed by atoms with van der Waals surface area (Å²) in [6.45, 7) is 23.6. The van der Waals surface area contributed by atoms with E-state index in [-0.39, 0.29) is 41.2 Å². The zero-order valence-electron chi connectivity index (χ0n) is 32.3. The van der Waals surface area contributed by atoms with Crippen LogP contribution in [0.4, 0.5) is 0 Å². The Kier molecular flexibility index (Phi) is 14.2. The molecule has 2 aromatic rings. The summed E-state index contributed by atoms with van der Waals surface area (Å²) in [6, 6.07) is 3.67. The largest absolute Gasteiger partial charge is 0.381 e. The van der Waals surface area contributed by atoms with Crippen molar-refractivity contribution in [3.8, 4) is 0 Å². The molecule has 0 unspecified atom stereocenters. The molecular formula is C37H62N4O8S. The van der Waals surface area contributed by atoms with Crippen molar-refractivity contribution in [2.24, 2.45) is 11.8 Å². The molecule has 2 aliphatic rings. The lowest BCUT2D eigenvalue weighted by molar-refractivity contribution is -0.127. The van der Waals surface area contributed by atoms with Gasteiger partial charge in [0, 0.05) is 55.9 Å². The maximum atomic E-state index is 13.0. The van der Waals surface area contributed by atoms with Crippen LogP contribution >= 0.6 is 0 Å². The van der Waals surface area contributed by atoms with Crippen molar-refractivity contribution in [3.05, 3.63) is 35.0 Å². The minimum atomic E-state index is -3.55. The molecule has 0 spiro atoms. The summed E-state index contributed by atoms with van der Waals surface area (Å²) in [5, 5.41) is 11.5. The van der Waals surface area contributed by atoms with Crippen LogP contribution in [0.2, 0.25) is 0 Å². The molecule has 50 heavy (non-hydrogen) atoms. The molecule has 0 radical (unpaired) electrons. The Balaban J connectivity index is 0.000000274. The van der Waals surface area contributed by atoms with Gasteiger partial charge in [0.05, 0.1) is 41.6 Å². The Labute approximate surface area is 299 Å². The number of Topliss-reactive ketones (excluding diaryl/α,β-unsaturated/α-hetero) is 2. The summed E-state index contributed by atoms with van der Waals surface area (Å²) < 4.78 is 47.6. The van der Waals surface area contributed by atoms with E-state index < -0.39 is 21.1 Å². The van der Waals surface area contributed by atoms with Crippen LogP contribution in [0.15, 0.2) is 21.2 Å². The molecule has 1 N–H and O–H groups in total. The fourth-order valence-electron chi connectivity index (χ4n) is 5.78. The van der Waals surface area contributed by atoms with Crippen LogP contribution in [-0.4, -0.2) is 91.5 Å². The second-order valence-corrected chi connectivity index (χ2v) is 18.9. The summed E-state index contributed by atoms with van der Waals surface area (Å²) in [7, 11) is -3.55. The Morgan fingerprint density at radius 2 is 1.16 bits per heavy atom. The molecule has 0 atom stereocenters. The summed E-state index contributed by atoms with van der Waals surface area (Å²) in [4.78, 5) is 25.6. The van der Waals surface area contributed by atoms with E-state index >= 15 is 0 Å². The number of hydrogen-bond donors (Lipinski definition) is 1. The van der Waals surface area contributed by atoms with Crippen LogP contribution in [0.3, 0.4) is 0 Å². The number of hydrogen-bond acceptors (Lipinski definition) is 11. The van der Waals surface area contributed by atoms with Crippen LogP contribution < -0.4 is 5.32 Å². The number of rotatable bonds is 13. The highest BCUT2D eigenvalue weighted by molar-refractivity contribution is 7.88. The van der Waals surface area contributed by atoms with Crippen molar-refractivity contribution >= 4 is 21.6 Å². The molecule has 4 rings (SSSR count). The van der Waals surface area contributed by atoms with Crippen molar-refractivity contribution in [1.29, 1.82) is 0 Å². The van der Waals surface area contributed by atoms with E-state index in [0.717, 1.165) is 63.1 Å². The predicted octanol–water partition coefficient (Wildman–Crippen LogP) is 5.43. The third kappa shape index (κ3) is 12.4. The number of ketones is 2. The number of nitrogens with zero attached hydrogens (tertiary/aromatic N) is 3. The van der Waals surface area contributed by atoms with Gasteiger partial charge in [0.15, 0.2) is 11.6 Å². The summed E-state index contributed by atoms with van der Waals surface area (Å²) in [5.41, 5.74) is -0.323. The van der Waals surface area contributed by atoms with Gasteiger partial charge in [0.1, 0.15) is 11.5 Å². The number of sulfonamides is 1. The maximum absolute atomic E-state index is 13.0. The van der Waals surface area contributed by atoms with Gasteiger partial charge < -0.3 is 23.8 Å². The van der Waals surface area contributed by atoms with Crippen LogP contribution in [0.5, 0.6) is 0 Å². The summed E-state index contributed by atoms with van der Waals surface area (Å²) >= 11 is 0. The van der Waals surface area contributed by atoms with Crippen LogP contribution in [0, 0.1) is 11.8 Å². The average Bonchev–Trinajstić information content (AvgIpc) is 3.70. The molecule has 2 aromatic heterocycles. The number of carbonyl (C=O) groups excluding carboxylic acids is 2. The molecule has 0 aromatic carbocycles. The number of aromatic nitrogens is 2. The number of nitrogens with one attached hydrogen (secondary N) is 1. The fourth-order valence-corrected chi connectivity index (χ4v) is 7.20. The molecule has 12 nitrogen and oxygen atoms in total. The Bertz CT molecular complexity index is 1500. The van der Waals surface area contributed by atoms with Crippen LogP contribution in [-0.2, 0) is 52.8 Å². The molecule has 0 saturated carbocycles. The van der Waals surface area contributed by atoms with E-state index in [1.807, 2.05) is 40.7 Å². The molecule has 2 fully saturated rings. The third-order valence-electron chi connectivity index (χ3n) is 9.67. The molecule has 4 heterocycles.